The third kappa shape index (κ3) is 3.38. The van der Waals surface area contributed by atoms with Crippen LogP contribution in [0.3, 0.4) is 0 Å². The molecule has 0 saturated heterocycles. The first kappa shape index (κ1) is 12.7. The molecule has 1 heterocycles. The molecule has 0 aliphatic carbocycles. The van der Waals surface area contributed by atoms with Gasteiger partial charge in [-0.3, -0.25) is 0 Å². The van der Waals surface area contributed by atoms with Crippen LogP contribution in [0.2, 0.25) is 0 Å². The third-order valence-corrected chi connectivity index (χ3v) is 2.57. The molecule has 1 unspecified atom stereocenters. The van der Waals surface area contributed by atoms with Gasteiger partial charge >= 0.3 is 0 Å². The Hall–Kier alpha value is -1.72. The van der Waals surface area contributed by atoms with Gasteiger partial charge in [-0.15, -0.1) is 10.2 Å². The molecule has 0 amide bonds. The van der Waals surface area contributed by atoms with Crippen molar-refractivity contribution in [1.82, 2.24) is 15.5 Å². The SMILES string of the molecule is CC(CO)CNCc1nnc(-c2ccccc2)o1. The molecule has 0 aliphatic heterocycles. The normalized spacial score (nSPS) is 12.6. The monoisotopic (exact) mass is 247 g/mol. The highest BCUT2D eigenvalue weighted by Crippen LogP contribution is 2.16. The van der Waals surface area contributed by atoms with Crippen molar-refractivity contribution in [3.8, 4) is 11.5 Å². The van der Waals surface area contributed by atoms with E-state index < -0.39 is 0 Å². The smallest absolute Gasteiger partial charge is 0.247 e. The van der Waals surface area contributed by atoms with Crippen molar-refractivity contribution >= 4 is 0 Å². The van der Waals surface area contributed by atoms with E-state index >= 15 is 0 Å². The first-order valence-electron chi connectivity index (χ1n) is 5.99. The van der Waals surface area contributed by atoms with Crippen LogP contribution in [0.25, 0.3) is 11.5 Å². The average Bonchev–Trinajstić information content (AvgIpc) is 2.88. The summed E-state index contributed by atoms with van der Waals surface area (Å²) >= 11 is 0. The van der Waals surface area contributed by atoms with Gasteiger partial charge in [-0.2, -0.15) is 0 Å². The van der Waals surface area contributed by atoms with Crippen LogP contribution >= 0.6 is 0 Å². The molecular formula is C13H17N3O2. The Morgan fingerprint density at radius 1 is 1.28 bits per heavy atom. The molecule has 2 aromatic rings. The highest BCUT2D eigenvalue weighted by molar-refractivity contribution is 5.51. The van der Waals surface area contributed by atoms with Gasteiger partial charge in [0.2, 0.25) is 11.8 Å². The summed E-state index contributed by atoms with van der Waals surface area (Å²) < 4.78 is 5.54. The Morgan fingerprint density at radius 3 is 2.78 bits per heavy atom. The fraction of sp³-hybridized carbons (Fsp3) is 0.385. The molecule has 0 saturated carbocycles. The third-order valence-electron chi connectivity index (χ3n) is 2.57. The summed E-state index contributed by atoms with van der Waals surface area (Å²) in [4.78, 5) is 0. The molecular weight excluding hydrogens is 230 g/mol. The van der Waals surface area contributed by atoms with Crippen LogP contribution in [-0.4, -0.2) is 28.5 Å². The number of benzene rings is 1. The quantitative estimate of drug-likeness (QED) is 0.808. The van der Waals surface area contributed by atoms with E-state index in [4.69, 9.17) is 9.52 Å². The van der Waals surface area contributed by atoms with Gasteiger partial charge in [0.05, 0.1) is 6.54 Å². The molecule has 0 fully saturated rings. The van der Waals surface area contributed by atoms with Gasteiger partial charge in [0.1, 0.15) is 0 Å². The summed E-state index contributed by atoms with van der Waals surface area (Å²) in [5, 5.41) is 20.0. The maximum atomic E-state index is 8.89. The van der Waals surface area contributed by atoms with Crippen molar-refractivity contribution < 1.29 is 9.52 Å². The Bertz CT molecular complexity index is 470. The van der Waals surface area contributed by atoms with Gasteiger partial charge in [-0.05, 0) is 18.1 Å². The Labute approximate surface area is 106 Å². The Balaban J connectivity index is 1.91. The highest BCUT2D eigenvalue weighted by atomic mass is 16.4. The number of rotatable bonds is 6. The van der Waals surface area contributed by atoms with Crippen molar-refractivity contribution in [2.24, 2.45) is 5.92 Å². The Kier molecular flexibility index (Phi) is 4.44. The van der Waals surface area contributed by atoms with Crippen LogP contribution in [0.1, 0.15) is 12.8 Å². The van der Waals surface area contributed by atoms with Gasteiger partial charge in [0.15, 0.2) is 0 Å². The molecule has 18 heavy (non-hydrogen) atoms. The van der Waals surface area contributed by atoms with Crippen molar-refractivity contribution in [2.75, 3.05) is 13.2 Å². The van der Waals surface area contributed by atoms with Gasteiger partial charge in [0, 0.05) is 18.7 Å². The summed E-state index contributed by atoms with van der Waals surface area (Å²) in [6.07, 6.45) is 0. The second-order valence-electron chi connectivity index (χ2n) is 4.29. The zero-order chi connectivity index (χ0) is 12.8. The summed E-state index contributed by atoms with van der Waals surface area (Å²) in [7, 11) is 0. The van der Waals surface area contributed by atoms with Crippen molar-refractivity contribution in [3.63, 3.8) is 0 Å². The molecule has 96 valence electrons. The largest absolute Gasteiger partial charge is 0.419 e. The summed E-state index contributed by atoms with van der Waals surface area (Å²) in [6.45, 7) is 3.38. The first-order valence-corrected chi connectivity index (χ1v) is 5.99. The topological polar surface area (TPSA) is 71.2 Å². The van der Waals surface area contributed by atoms with E-state index in [0.717, 1.165) is 12.1 Å². The number of nitrogens with one attached hydrogen (secondary N) is 1. The summed E-state index contributed by atoms with van der Waals surface area (Å²) in [5.74, 6) is 1.31. The zero-order valence-electron chi connectivity index (χ0n) is 10.3. The molecule has 5 nitrogen and oxygen atoms in total. The van der Waals surface area contributed by atoms with E-state index in [1.807, 2.05) is 37.3 Å². The van der Waals surface area contributed by atoms with Crippen LogP contribution in [-0.2, 0) is 6.54 Å². The standard InChI is InChI=1S/C13H17N3O2/c1-10(9-17)7-14-8-12-15-16-13(18-12)11-5-3-2-4-6-11/h2-6,10,14,17H,7-9H2,1H3. The molecule has 5 heteroatoms. The van der Waals surface area contributed by atoms with Crippen LogP contribution in [0.4, 0.5) is 0 Å². The van der Waals surface area contributed by atoms with Crippen molar-refractivity contribution in [1.29, 1.82) is 0 Å². The fourth-order valence-electron chi connectivity index (χ4n) is 1.51. The van der Waals surface area contributed by atoms with Crippen LogP contribution in [0, 0.1) is 5.92 Å². The minimum absolute atomic E-state index is 0.173. The highest BCUT2D eigenvalue weighted by Gasteiger charge is 2.08. The number of hydrogen-bond donors (Lipinski definition) is 2. The lowest BCUT2D eigenvalue weighted by molar-refractivity contribution is 0.232. The molecule has 0 radical (unpaired) electrons. The molecule has 0 aliphatic rings. The van der Waals surface area contributed by atoms with Crippen LogP contribution in [0.15, 0.2) is 34.7 Å². The second kappa shape index (κ2) is 6.28. The fourth-order valence-corrected chi connectivity index (χ4v) is 1.51. The average molecular weight is 247 g/mol. The lowest BCUT2D eigenvalue weighted by Gasteiger charge is -2.06. The van der Waals surface area contributed by atoms with E-state index in [9.17, 15) is 0 Å². The Morgan fingerprint density at radius 2 is 2.06 bits per heavy atom. The van der Waals surface area contributed by atoms with Crippen molar-refractivity contribution in [2.45, 2.75) is 13.5 Å². The van der Waals surface area contributed by atoms with Gasteiger partial charge in [0.25, 0.3) is 0 Å². The van der Waals surface area contributed by atoms with E-state index in [0.29, 0.717) is 18.3 Å². The number of aliphatic hydroxyl groups is 1. The number of nitrogens with zero attached hydrogens (tertiary/aromatic N) is 2. The molecule has 1 aromatic heterocycles. The minimum Gasteiger partial charge on any atom is -0.419 e. The van der Waals surface area contributed by atoms with Crippen LogP contribution in [0.5, 0.6) is 0 Å². The predicted octanol–water partition coefficient (Wildman–Crippen LogP) is 1.45. The van der Waals surface area contributed by atoms with E-state index in [1.165, 1.54) is 0 Å². The van der Waals surface area contributed by atoms with Crippen LogP contribution < -0.4 is 5.32 Å². The molecule has 0 bridgehead atoms. The molecule has 0 spiro atoms. The maximum absolute atomic E-state index is 8.89. The van der Waals surface area contributed by atoms with Gasteiger partial charge in [-0.1, -0.05) is 25.1 Å². The molecule has 2 rings (SSSR count). The lowest BCUT2D eigenvalue weighted by Crippen LogP contribution is -2.22. The maximum Gasteiger partial charge on any atom is 0.247 e. The molecule has 1 aromatic carbocycles. The lowest BCUT2D eigenvalue weighted by atomic mass is 10.2. The zero-order valence-corrected chi connectivity index (χ0v) is 10.3. The first-order chi connectivity index (χ1) is 8.79. The summed E-state index contributed by atoms with van der Waals surface area (Å²) in [5.41, 5.74) is 0.917. The second-order valence-corrected chi connectivity index (χ2v) is 4.29. The number of hydrogen-bond acceptors (Lipinski definition) is 5. The number of aromatic nitrogens is 2. The van der Waals surface area contributed by atoms with Crippen molar-refractivity contribution in [3.05, 3.63) is 36.2 Å². The summed E-state index contributed by atoms with van der Waals surface area (Å²) in [6, 6.07) is 9.66. The van der Waals surface area contributed by atoms with Gasteiger partial charge in [-0.25, -0.2) is 0 Å². The predicted molar refractivity (Wildman–Crippen MR) is 67.7 cm³/mol. The van der Waals surface area contributed by atoms with Gasteiger partial charge < -0.3 is 14.8 Å². The molecule has 1 atom stereocenters. The van der Waals surface area contributed by atoms with E-state index in [2.05, 4.69) is 15.5 Å². The number of aliphatic hydroxyl groups excluding tert-OH is 1. The molecule has 2 N–H and O–H groups in total. The minimum atomic E-state index is 0.173. The van der Waals surface area contributed by atoms with E-state index in [1.54, 1.807) is 0 Å². The van der Waals surface area contributed by atoms with E-state index in [-0.39, 0.29) is 12.5 Å².